The number of rotatable bonds is 5. The van der Waals surface area contributed by atoms with Gasteiger partial charge in [-0.2, -0.15) is 5.10 Å². The molecule has 0 saturated heterocycles. The normalized spacial score (nSPS) is 16.3. The highest BCUT2D eigenvalue weighted by Gasteiger charge is 2.26. The zero-order chi connectivity index (χ0) is 12.6. The molecule has 0 radical (unpaired) electrons. The third-order valence-corrected chi connectivity index (χ3v) is 3.58. The molecule has 1 fully saturated rings. The van der Waals surface area contributed by atoms with Crippen LogP contribution in [-0.2, 0) is 6.54 Å². The molecule has 96 valence electrons. The zero-order valence-electron chi connectivity index (χ0n) is 11.2. The molecule has 3 nitrogen and oxygen atoms in total. The van der Waals surface area contributed by atoms with Crippen molar-refractivity contribution in [1.29, 1.82) is 0 Å². The summed E-state index contributed by atoms with van der Waals surface area (Å²) in [5.41, 5.74) is 1.47. The molecule has 0 bridgehead atoms. The molecule has 1 aromatic heterocycles. The summed E-state index contributed by atoms with van der Waals surface area (Å²) >= 11 is 0. The minimum absolute atomic E-state index is 0.234. The fourth-order valence-corrected chi connectivity index (χ4v) is 2.32. The summed E-state index contributed by atoms with van der Waals surface area (Å²) in [5, 5.41) is 9.35. The van der Waals surface area contributed by atoms with Crippen LogP contribution in [0, 0.1) is 5.41 Å². The van der Waals surface area contributed by atoms with E-state index in [-0.39, 0.29) is 5.41 Å². The second-order valence-electron chi connectivity index (χ2n) is 6.18. The van der Waals surface area contributed by atoms with Gasteiger partial charge in [-0.05, 0) is 24.3 Å². The van der Waals surface area contributed by atoms with E-state index in [4.69, 9.17) is 0 Å². The Morgan fingerprint density at radius 2 is 2.11 bits per heavy atom. The van der Waals surface area contributed by atoms with Crippen molar-refractivity contribution in [3.63, 3.8) is 0 Å². The minimum Gasteiger partial charge on any atom is -0.313 e. The Balaban J connectivity index is 1.73. The third-order valence-electron chi connectivity index (χ3n) is 3.58. The molecule has 3 heteroatoms. The molecule has 1 aliphatic rings. The first-order valence-corrected chi connectivity index (χ1v) is 6.78. The van der Waals surface area contributed by atoms with Crippen LogP contribution >= 0.6 is 0 Å². The summed E-state index contributed by atoms with van der Waals surface area (Å²) in [6.07, 6.45) is 4.65. The standard InChI is InChI=1S/C15H21N3/c1-15(2,10-16-13-7-8-13)11-18-14-6-4-3-5-12(14)9-17-18/h3-6,9,13,16H,7-8,10-11H2,1-2H3. The summed E-state index contributed by atoms with van der Waals surface area (Å²) in [4.78, 5) is 0. The molecule has 2 aromatic rings. The van der Waals surface area contributed by atoms with E-state index < -0.39 is 0 Å². The van der Waals surface area contributed by atoms with Gasteiger partial charge in [0.2, 0.25) is 0 Å². The van der Waals surface area contributed by atoms with E-state index in [9.17, 15) is 0 Å². The molecule has 0 aliphatic heterocycles. The first-order valence-electron chi connectivity index (χ1n) is 6.78. The van der Waals surface area contributed by atoms with E-state index in [1.165, 1.54) is 23.7 Å². The smallest absolute Gasteiger partial charge is 0.0682 e. The van der Waals surface area contributed by atoms with Crippen LogP contribution in [-0.4, -0.2) is 22.4 Å². The van der Waals surface area contributed by atoms with Crippen molar-refractivity contribution in [1.82, 2.24) is 15.1 Å². The van der Waals surface area contributed by atoms with Crippen LogP contribution in [0.5, 0.6) is 0 Å². The molecular weight excluding hydrogens is 222 g/mol. The molecule has 0 spiro atoms. The van der Waals surface area contributed by atoms with Gasteiger partial charge in [-0.15, -0.1) is 0 Å². The number of fused-ring (bicyclic) bond motifs is 1. The van der Waals surface area contributed by atoms with Crippen LogP contribution in [0.3, 0.4) is 0 Å². The number of benzene rings is 1. The first kappa shape index (κ1) is 11.7. The van der Waals surface area contributed by atoms with Crippen molar-refractivity contribution in [3.05, 3.63) is 30.5 Å². The summed E-state index contributed by atoms with van der Waals surface area (Å²) < 4.78 is 2.13. The molecule has 1 aliphatic carbocycles. The van der Waals surface area contributed by atoms with Gasteiger partial charge in [0.1, 0.15) is 0 Å². The molecule has 18 heavy (non-hydrogen) atoms. The highest BCUT2D eigenvalue weighted by molar-refractivity contribution is 5.78. The lowest BCUT2D eigenvalue weighted by Gasteiger charge is -2.25. The van der Waals surface area contributed by atoms with Crippen LogP contribution < -0.4 is 5.32 Å². The number of hydrogen-bond donors (Lipinski definition) is 1. The summed E-state index contributed by atoms with van der Waals surface area (Å²) in [7, 11) is 0. The highest BCUT2D eigenvalue weighted by atomic mass is 15.3. The van der Waals surface area contributed by atoms with Crippen LogP contribution in [0.4, 0.5) is 0 Å². The monoisotopic (exact) mass is 243 g/mol. The SMILES string of the molecule is CC(C)(CNC1CC1)Cn1ncc2ccccc21. The van der Waals surface area contributed by atoms with Gasteiger partial charge in [-0.3, -0.25) is 4.68 Å². The maximum absolute atomic E-state index is 4.51. The molecular formula is C15H21N3. The quantitative estimate of drug-likeness (QED) is 0.875. The summed E-state index contributed by atoms with van der Waals surface area (Å²) in [6, 6.07) is 9.18. The number of aromatic nitrogens is 2. The van der Waals surface area contributed by atoms with Gasteiger partial charge in [0.15, 0.2) is 0 Å². The van der Waals surface area contributed by atoms with Gasteiger partial charge in [-0.25, -0.2) is 0 Å². The maximum Gasteiger partial charge on any atom is 0.0682 e. The van der Waals surface area contributed by atoms with Crippen LogP contribution in [0.25, 0.3) is 10.9 Å². The third kappa shape index (κ3) is 2.56. The lowest BCUT2D eigenvalue weighted by molar-refractivity contribution is 0.280. The lowest BCUT2D eigenvalue weighted by Crippen LogP contribution is -2.34. The van der Waals surface area contributed by atoms with Crippen molar-refractivity contribution in [2.45, 2.75) is 39.3 Å². The van der Waals surface area contributed by atoms with Crippen molar-refractivity contribution in [2.75, 3.05) is 6.54 Å². The molecule has 0 atom stereocenters. The van der Waals surface area contributed by atoms with Crippen molar-refractivity contribution in [2.24, 2.45) is 5.41 Å². The summed E-state index contributed by atoms with van der Waals surface area (Å²) in [5.74, 6) is 0. The van der Waals surface area contributed by atoms with E-state index in [0.29, 0.717) is 0 Å². The zero-order valence-corrected chi connectivity index (χ0v) is 11.2. The number of nitrogens with zero attached hydrogens (tertiary/aromatic N) is 2. The van der Waals surface area contributed by atoms with Gasteiger partial charge in [0, 0.05) is 24.5 Å². The van der Waals surface area contributed by atoms with Gasteiger partial charge in [0.05, 0.1) is 11.7 Å². The predicted molar refractivity (Wildman–Crippen MR) is 74.5 cm³/mol. The average Bonchev–Trinajstić information content (AvgIpc) is 3.10. The topological polar surface area (TPSA) is 29.9 Å². The van der Waals surface area contributed by atoms with E-state index in [2.05, 4.69) is 53.2 Å². The van der Waals surface area contributed by atoms with Crippen molar-refractivity contribution in [3.8, 4) is 0 Å². The lowest BCUT2D eigenvalue weighted by atomic mass is 9.93. The molecule has 1 aromatic carbocycles. The maximum atomic E-state index is 4.51. The Bertz CT molecular complexity index is 537. The first-order chi connectivity index (χ1) is 8.64. The molecule has 1 heterocycles. The molecule has 0 amide bonds. The Morgan fingerprint density at radius 1 is 1.33 bits per heavy atom. The van der Waals surface area contributed by atoms with E-state index in [0.717, 1.165) is 19.1 Å². The van der Waals surface area contributed by atoms with Gasteiger partial charge >= 0.3 is 0 Å². The van der Waals surface area contributed by atoms with Crippen molar-refractivity contribution >= 4 is 10.9 Å². The van der Waals surface area contributed by atoms with E-state index in [1.807, 2.05) is 6.20 Å². The molecule has 1 saturated carbocycles. The Hall–Kier alpha value is -1.35. The van der Waals surface area contributed by atoms with Gasteiger partial charge in [0.25, 0.3) is 0 Å². The molecule has 0 unspecified atom stereocenters. The second kappa shape index (κ2) is 4.39. The number of para-hydroxylation sites is 1. The van der Waals surface area contributed by atoms with E-state index in [1.54, 1.807) is 0 Å². The highest BCUT2D eigenvalue weighted by Crippen LogP contribution is 2.24. The van der Waals surface area contributed by atoms with Gasteiger partial charge < -0.3 is 5.32 Å². The average molecular weight is 243 g/mol. The largest absolute Gasteiger partial charge is 0.313 e. The van der Waals surface area contributed by atoms with Crippen LogP contribution in [0.15, 0.2) is 30.5 Å². The second-order valence-corrected chi connectivity index (χ2v) is 6.18. The number of nitrogens with one attached hydrogen (secondary N) is 1. The Labute approximate surface area is 108 Å². The molecule has 3 rings (SSSR count). The van der Waals surface area contributed by atoms with Crippen LogP contribution in [0.2, 0.25) is 0 Å². The fraction of sp³-hybridized carbons (Fsp3) is 0.533. The fourth-order valence-electron chi connectivity index (χ4n) is 2.32. The summed E-state index contributed by atoms with van der Waals surface area (Å²) in [6.45, 7) is 6.63. The Morgan fingerprint density at radius 3 is 2.89 bits per heavy atom. The molecule has 1 N–H and O–H groups in total. The van der Waals surface area contributed by atoms with E-state index >= 15 is 0 Å². The number of hydrogen-bond acceptors (Lipinski definition) is 2. The van der Waals surface area contributed by atoms with Crippen LogP contribution in [0.1, 0.15) is 26.7 Å². The predicted octanol–water partition coefficient (Wildman–Crippen LogP) is 2.81. The van der Waals surface area contributed by atoms with Crippen molar-refractivity contribution < 1.29 is 0 Å². The Kier molecular flexibility index (Phi) is 2.86. The minimum atomic E-state index is 0.234. The van der Waals surface area contributed by atoms with Gasteiger partial charge in [-0.1, -0.05) is 32.0 Å².